The summed E-state index contributed by atoms with van der Waals surface area (Å²) >= 11 is 0. The van der Waals surface area contributed by atoms with Crippen LogP contribution in [0.4, 0.5) is 0 Å². The van der Waals surface area contributed by atoms with Gasteiger partial charge in [0.1, 0.15) is 5.75 Å². The van der Waals surface area contributed by atoms with Gasteiger partial charge in [0.25, 0.3) is 0 Å². The van der Waals surface area contributed by atoms with Crippen LogP contribution < -0.4 is 4.74 Å². The van der Waals surface area contributed by atoms with Gasteiger partial charge in [-0.2, -0.15) is 0 Å². The Bertz CT molecular complexity index is 730. The van der Waals surface area contributed by atoms with E-state index in [4.69, 9.17) is 4.74 Å². The lowest BCUT2D eigenvalue weighted by atomic mass is 9.90. The summed E-state index contributed by atoms with van der Waals surface area (Å²) in [6.45, 7) is 3.44. The molecule has 0 aliphatic heterocycles. The lowest BCUT2D eigenvalue weighted by Gasteiger charge is -2.17. The number of phenols is 2. The van der Waals surface area contributed by atoms with Crippen molar-refractivity contribution in [1.82, 2.24) is 0 Å². The molecule has 1 unspecified atom stereocenters. The van der Waals surface area contributed by atoms with E-state index in [0.717, 1.165) is 11.1 Å². The lowest BCUT2D eigenvalue weighted by molar-refractivity contribution is -0.112. The number of carbonyl (C=O) groups is 1. The van der Waals surface area contributed by atoms with Crippen LogP contribution in [0.25, 0.3) is 6.08 Å². The van der Waals surface area contributed by atoms with Crippen molar-refractivity contribution in [3.05, 3.63) is 59.2 Å². The van der Waals surface area contributed by atoms with Gasteiger partial charge in [-0.05, 0) is 48.4 Å². The van der Waals surface area contributed by atoms with E-state index in [9.17, 15) is 15.0 Å². The molecule has 0 spiro atoms. The van der Waals surface area contributed by atoms with Crippen LogP contribution in [0.15, 0.2) is 42.5 Å². The third kappa shape index (κ3) is 3.92. The third-order valence-electron chi connectivity index (χ3n) is 3.72. The van der Waals surface area contributed by atoms with Crippen molar-refractivity contribution in [3.63, 3.8) is 0 Å². The first-order chi connectivity index (χ1) is 10.9. The molecule has 120 valence electrons. The maximum atomic E-state index is 11.1. The molecule has 2 aromatic carbocycles. The first-order valence-electron chi connectivity index (χ1n) is 7.31. The maximum Gasteiger partial charge on any atom is 0.161 e. The molecule has 0 amide bonds. The van der Waals surface area contributed by atoms with Crippen LogP contribution >= 0.6 is 0 Å². The molecule has 4 nitrogen and oxygen atoms in total. The smallest absolute Gasteiger partial charge is 0.161 e. The minimum Gasteiger partial charge on any atom is -0.508 e. The molecule has 0 aliphatic carbocycles. The number of rotatable bonds is 5. The van der Waals surface area contributed by atoms with Crippen molar-refractivity contribution in [1.29, 1.82) is 0 Å². The predicted molar refractivity (Wildman–Crippen MR) is 90.0 cm³/mol. The largest absolute Gasteiger partial charge is 0.508 e. The van der Waals surface area contributed by atoms with Gasteiger partial charge in [-0.1, -0.05) is 25.1 Å². The van der Waals surface area contributed by atoms with Gasteiger partial charge in [0.05, 0.1) is 7.11 Å². The van der Waals surface area contributed by atoms with Crippen LogP contribution in [0.2, 0.25) is 0 Å². The average Bonchev–Trinajstić information content (AvgIpc) is 2.53. The molecule has 0 saturated heterocycles. The standard InChI is InChI=1S/C19H20O4/c1-12(20)4-5-14-10-17(19(22)18(11-14)23-3)13(2)15-6-8-16(21)9-7-15/h4-11,13,21-22H,1-3H3/b5-4+. The number of aromatic hydroxyl groups is 2. The number of hydrogen-bond donors (Lipinski definition) is 2. The third-order valence-corrected chi connectivity index (χ3v) is 3.72. The van der Waals surface area contributed by atoms with Gasteiger partial charge in [0.2, 0.25) is 0 Å². The molecule has 0 aromatic heterocycles. The zero-order chi connectivity index (χ0) is 17.0. The Morgan fingerprint density at radius 3 is 2.39 bits per heavy atom. The second kappa shape index (κ2) is 7.01. The number of phenolic OH excluding ortho intramolecular Hbond substituents is 2. The van der Waals surface area contributed by atoms with Crippen LogP contribution in [0.5, 0.6) is 17.2 Å². The number of ketones is 1. The lowest BCUT2D eigenvalue weighted by Crippen LogP contribution is -1.99. The summed E-state index contributed by atoms with van der Waals surface area (Å²) in [5.74, 6) is 0.477. The summed E-state index contributed by atoms with van der Waals surface area (Å²) in [5.41, 5.74) is 2.42. The summed E-state index contributed by atoms with van der Waals surface area (Å²) in [6.07, 6.45) is 3.16. The SMILES string of the molecule is COc1cc(/C=C/C(C)=O)cc(C(C)c2ccc(O)cc2)c1O. The van der Waals surface area contributed by atoms with E-state index in [1.165, 1.54) is 20.1 Å². The number of hydrogen-bond acceptors (Lipinski definition) is 4. The number of benzene rings is 2. The molecule has 23 heavy (non-hydrogen) atoms. The van der Waals surface area contributed by atoms with Crippen molar-refractivity contribution in [3.8, 4) is 17.2 Å². The highest BCUT2D eigenvalue weighted by molar-refractivity contribution is 5.91. The molecule has 0 heterocycles. The second-order valence-corrected chi connectivity index (χ2v) is 5.42. The fourth-order valence-electron chi connectivity index (χ4n) is 2.39. The predicted octanol–water partition coefficient (Wildman–Crippen LogP) is 3.86. The highest BCUT2D eigenvalue weighted by Crippen LogP contribution is 2.39. The Labute approximate surface area is 135 Å². The van der Waals surface area contributed by atoms with Gasteiger partial charge in [0.15, 0.2) is 17.3 Å². The molecular formula is C19H20O4. The average molecular weight is 312 g/mol. The fourth-order valence-corrected chi connectivity index (χ4v) is 2.39. The van der Waals surface area contributed by atoms with E-state index in [-0.39, 0.29) is 23.2 Å². The summed E-state index contributed by atoms with van der Waals surface area (Å²) in [6, 6.07) is 10.4. The van der Waals surface area contributed by atoms with Crippen molar-refractivity contribution in [2.45, 2.75) is 19.8 Å². The highest BCUT2D eigenvalue weighted by Gasteiger charge is 2.17. The Kier molecular flexibility index (Phi) is 5.06. The highest BCUT2D eigenvalue weighted by atomic mass is 16.5. The van der Waals surface area contributed by atoms with Gasteiger partial charge < -0.3 is 14.9 Å². The summed E-state index contributed by atoms with van der Waals surface area (Å²) in [5, 5.41) is 19.8. The second-order valence-electron chi connectivity index (χ2n) is 5.42. The molecule has 0 bridgehead atoms. The van der Waals surface area contributed by atoms with Crippen LogP contribution in [0.1, 0.15) is 36.5 Å². The van der Waals surface area contributed by atoms with Crippen molar-refractivity contribution < 1.29 is 19.7 Å². The van der Waals surface area contributed by atoms with Gasteiger partial charge in [-0.15, -0.1) is 0 Å². The topological polar surface area (TPSA) is 66.8 Å². The normalized spacial score (nSPS) is 12.3. The minimum absolute atomic E-state index is 0.0508. The Balaban J connectivity index is 2.49. The van der Waals surface area contributed by atoms with Crippen molar-refractivity contribution >= 4 is 11.9 Å². The minimum atomic E-state index is -0.102. The van der Waals surface area contributed by atoms with Crippen molar-refractivity contribution in [2.24, 2.45) is 0 Å². The maximum absolute atomic E-state index is 11.1. The molecule has 0 saturated carbocycles. The fraction of sp³-hybridized carbons (Fsp3) is 0.211. The number of ether oxygens (including phenoxy) is 1. The molecule has 0 fully saturated rings. The molecular weight excluding hydrogens is 292 g/mol. The van der Waals surface area contributed by atoms with Crippen molar-refractivity contribution in [2.75, 3.05) is 7.11 Å². The Hall–Kier alpha value is -2.75. The Morgan fingerprint density at radius 2 is 1.83 bits per heavy atom. The van der Waals surface area contributed by atoms with Gasteiger partial charge in [-0.25, -0.2) is 0 Å². The first-order valence-corrected chi connectivity index (χ1v) is 7.31. The van der Waals surface area contributed by atoms with E-state index < -0.39 is 0 Å². The zero-order valence-corrected chi connectivity index (χ0v) is 13.4. The van der Waals surface area contributed by atoms with Crippen LogP contribution in [0.3, 0.4) is 0 Å². The molecule has 2 aromatic rings. The summed E-state index contributed by atoms with van der Waals surface area (Å²) in [4.78, 5) is 11.1. The molecule has 2 rings (SSSR count). The van der Waals surface area contributed by atoms with Gasteiger partial charge in [-0.3, -0.25) is 4.79 Å². The molecule has 4 heteroatoms. The van der Waals surface area contributed by atoms with E-state index in [1.807, 2.05) is 25.1 Å². The zero-order valence-electron chi connectivity index (χ0n) is 13.4. The monoisotopic (exact) mass is 312 g/mol. The van der Waals surface area contributed by atoms with Gasteiger partial charge in [0, 0.05) is 11.5 Å². The number of carbonyl (C=O) groups excluding carboxylic acids is 1. The summed E-state index contributed by atoms with van der Waals surface area (Å²) < 4.78 is 5.23. The molecule has 1 atom stereocenters. The first kappa shape index (κ1) is 16.6. The van der Waals surface area contributed by atoms with E-state index in [1.54, 1.807) is 24.3 Å². The van der Waals surface area contributed by atoms with E-state index in [2.05, 4.69) is 0 Å². The van der Waals surface area contributed by atoms with Crippen LogP contribution in [-0.4, -0.2) is 23.1 Å². The van der Waals surface area contributed by atoms with E-state index >= 15 is 0 Å². The summed E-state index contributed by atoms with van der Waals surface area (Å²) in [7, 11) is 1.49. The number of methoxy groups -OCH3 is 1. The molecule has 2 N–H and O–H groups in total. The molecule has 0 radical (unpaired) electrons. The van der Waals surface area contributed by atoms with Gasteiger partial charge >= 0.3 is 0 Å². The number of allylic oxidation sites excluding steroid dienone is 1. The molecule has 0 aliphatic rings. The Morgan fingerprint density at radius 1 is 1.17 bits per heavy atom. The van der Waals surface area contributed by atoms with E-state index in [0.29, 0.717) is 11.3 Å². The quantitative estimate of drug-likeness (QED) is 0.823. The van der Waals surface area contributed by atoms with Crippen LogP contribution in [-0.2, 0) is 4.79 Å². The van der Waals surface area contributed by atoms with Crippen LogP contribution in [0, 0.1) is 0 Å².